The van der Waals surface area contributed by atoms with Gasteiger partial charge in [-0.15, -0.1) is 0 Å². The molecule has 0 saturated carbocycles. The van der Waals surface area contributed by atoms with Gasteiger partial charge in [0.25, 0.3) is 5.91 Å². The number of rotatable bonds is 5. The second-order valence-electron chi connectivity index (χ2n) is 6.07. The number of aromatic amines is 1. The van der Waals surface area contributed by atoms with E-state index in [1.54, 1.807) is 12.3 Å². The molecule has 5 nitrogen and oxygen atoms in total. The fourth-order valence-electron chi connectivity index (χ4n) is 2.95. The topological polar surface area (TPSA) is 62.7 Å². The molecule has 4 aromatic rings. The van der Waals surface area contributed by atoms with E-state index in [4.69, 9.17) is 11.6 Å². The fourth-order valence-corrected chi connectivity index (χ4v) is 3.13. The summed E-state index contributed by atoms with van der Waals surface area (Å²) >= 11 is 6.00. The molecule has 0 fully saturated rings. The molecule has 0 saturated heterocycles. The van der Waals surface area contributed by atoms with E-state index < -0.39 is 0 Å². The Morgan fingerprint density at radius 1 is 1.12 bits per heavy atom. The minimum absolute atomic E-state index is 0.147. The number of carbonyl (C=O) groups is 1. The average molecular weight is 365 g/mol. The van der Waals surface area contributed by atoms with Crippen molar-refractivity contribution >= 4 is 28.4 Å². The normalized spacial score (nSPS) is 11.0. The number of benzene rings is 2. The summed E-state index contributed by atoms with van der Waals surface area (Å²) in [5, 5.41) is 8.79. The molecule has 2 aromatic heterocycles. The Hall–Kier alpha value is -3.05. The molecule has 2 N–H and O–H groups in total. The molecule has 0 radical (unpaired) electrons. The van der Waals surface area contributed by atoms with Crippen molar-refractivity contribution < 1.29 is 4.79 Å². The van der Waals surface area contributed by atoms with E-state index in [2.05, 4.69) is 15.4 Å². The van der Waals surface area contributed by atoms with E-state index >= 15 is 0 Å². The van der Waals surface area contributed by atoms with Crippen LogP contribution in [0.1, 0.15) is 21.6 Å². The molecule has 26 heavy (non-hydrogen) atoms. The Balaban J connectivity index is 1.48. The first-order valence-corrected chi connectivity index (χ1v) is 8.67. The average Bonchev–Trinajstić information content (AvgIpc) is 3.30. The molecule has 1 amide bonds. The molecule has 0 aliphatic rings. The number of halogens is 1. The quantitative estimate of drug-likeness (QED) is 0.562. The third kappa shape index (κ3) is 3.48. The Labute approximate surface area is 155 Å². The molecule has 0 aliphatic heterocycles. The third-order valence-corrected chi connectivity index (χ3v) is 4.51. The smallest absolute Gasteiger partial charge is 0.267 e. The lowest BCUT2D eigenvalue weighted by Gasteiger charge is -2.10. The molecule has 0 bridgehead atoms. The number of nitrogens with zero attached hydrogens (tertiary/aromatic N) is 2. The van der Waals surface area contributed by atoms with Gasteiger partial charge in [-0.1, -0.05) is 35.9 Å². The van der Waals surface area contributed by atoms with Crippen molar-refractivity contribution in [3.8, 4) is 0 Å². The minimum Gasteiger partial charge on any atom is -0.351 e. The summed E-state index contributed by atoms with van der Waals surface area (Å²) in [6.07, 6.45) is 3.68. The van der Waals surface area contributed by atoms with Crippen LogP contribution in [-0.4, -0.2) is 20.7 Å². The van der Waals surface area contributed by atoms with Gasteiger partial charge in [-0.2, -0.15) is 5.10 Å². The van der Waals surface area contributed by atoms with Crippen molar-refractivity contribution in [3.63, 3.8) is 0 Å². The number of nitrogens with one attached hydrogen (secondary N) is 2. The molecule has 2 aromatic carbocycles. The molecule has 6 heteroatoms. The molecule has 0 unspecified atom stereocenters. The standard InChI is InChI=1S/C20H17ClN4O/c21-17-6-7-18-16(10-17)11-19(24-18)20(26)22-12-14-4-1-2-5-15(14)13-25-9-3-8-23-25/h1-11,24H,12-13H2,(H,22,26). The summed E-state index contributed by atoms with van der Waals surface area (Å²) in [5.41, 5.74) is 3.60. The Morgan fingerprint density at radius 2 is 1.96 bits per heavy atom. The molecule has 4 rings (SSSR count). The van der Waals surface area contributed by atoms with Crippen LogP contribution >= 0.6 is 11.6 Å². The van der Waals surface area contributed by atoms with Crippen molar-refractivity contribution in [1.82, 2.24) is 20.1 Å². The van der Waals surface area contributed by atoms with Crippen molar-refractivity contribution in [2.45, 2.75) is 13.1 Å². The lowest BCUT2D eigenvalue weighted by molar-refractivity contribution is 0.0946. The van der Waals surface area contributed by atoms with Crippen LogP contribution in [0.5, 0.6) is 0 Å². The van der Waals surface area contributed by atoms with Gasteiger partial charge in [-0.25, -0.2) is 0 Å². The van der Waals surface area contributed by atoms with Gasteiger partial charge in [0.05, 0.1) is 6.54 Å². The van der Waals surface area contributed by atoms with E-state index in [1.807, 2.05) is 59.4 Å². The molecule has 0 aliphatic carbocycles. The highest BCUT2D eigenvalue weighted by Gasteiger charge is 2.11. The highest BCUT2D eigenvalue weighted by molar-refractivity contribution is 6.31. The summed E-state index contributed by atoms with van der Waals surface area (Å²) in [7, 11) is 0. The van der Waals surface area contributed by atoms with Gasteiger partial charge in [0.1, 0.15) is 5.69 Å². The molecule has 0 spiro atoms. The van der Waals surface area contributed by atoms with Crippen LogP contribution in [-0.2, 0) is 13.1 Å². The monoisotopic (exact) mass is 364 g/mol. The van der Waals surface area contributed by atoms with Gasteiger partial charge in [0.15, 0.2) is 0 Å². The lowest BCUT2D eigenvalue weighted by atomic mass is 10.1. The summed E-state index contributed by atoms with van der Waals surface area (Å²) in [6.45, 7) is 1.12. The van der Waals surface area contributed by atoms with Gasteiger partial charge in [-0.3, -0.25) is 9.48 Å². The molecule has 130 valence electrons. The highest BCUT2D eigenvalue weighted by atomic mass is 35.5. The van der Waals surface area contributed by atoms with Crippen molar-refractivity contribution in [1.29, 1.82) is 0 Å². The van der Waals surface area contributed by atoms with Crippen molar-refractivity contribution in [2.24, 2.45) is 0 Å². The Kier molecular flexibility index (Phi) is 4.46. The van der Waals surface area contributed by atoms with Gasteiger partial charge < -0.3 is 10.3 Å². The van der Waals surface area contributed by atoms with E-state index in [0.29, 0.717) is 23.8 Å². The predicted molar refractivity (Wildman–Crippen MR) is 102 cm³/mol. The molecular weight excluding hydrogens is 348 g/mol. The number of amides is 1. The number of H-pyrrole nitrogens is 1. The van der Waals surface area contributed by atoms with Crippen LogP contribution in [0.15, 0.2) is 67.0 Å². The van der Waals surface area contributed by atoms with Gasteiger partial charge in [-0.05, 0) is 41.5 Å². The number of aromatic nitrogens is 3. The van der Waals surface area contributed by atoms with Crippen LogP contribution < -0.4 is 5.32 Å². The molecule has 0 atom stereocenters. The Morgan fingerprint density at radius 3 is 2.77 bits per heavy atom. The van der Waals surface area contributed by atoms with Crippen LogP contribution in [0.25, 0.3) is 10.9 Å². The Bertz CT molecular complexity index is 1050. The highest BCUT2D eigenvalue weighted by Crippen LogP contribution is 2.20. The van der Waals surface area contributed by atoms with Crippen molar-refractivity contribution in [2.75, 3.05) is 0 Å². The summed E-state index contributed by atoms with van der Waals surface area (Å²) in [6, 6.07) is 17.2. The van der Waals surface area contributed by atoms with Crippen LogP contribution in [0.4, 0.5) is 0 Å². The first kappa shape index (κ1) is 16.4. The predicted octanol–water partition coefficient (Wildman–Crippen LogP) is 4.00. The van der Waals surface area contributed by atoms with Gasteiger partial charge in [0.2, 0.25) is 0 Å². The van der Waals surface area contributed by atoms with E-state index in [1.165, 1.54) is 0 Å². The van der Waals surface area contributed by atoms with Gasteiger partial charge >= 0.3 is 0 Å². The minimum atomic E-state index is -0.147. The SMILES string of the molecule is O=C(NCc1ccccc1Cn1cccn1)c1cc2cc(Cl)ccc2[nH]1. The van der Waals surface area contributed by atoms with E-state index in [0.717, 1.165) is 22.0 Å². The lowest BCUT2D eigenvalue weighted by Crippen LogP contribution is -2.24. The first-order chi connectivity index (χ1) is 12.7. The van der Waals surface area contributed by atoms with Gasteiger partial charge in [0, 0.05) is 34.9 Å². The maximum Gasteiger partial charge on any atom is 0.267 e. The van der Waals surface area contributed by atoms with E-state index in [9.17, 15) is 4.79 Å². The van der Waals surface area contributed by atoms with Crippen molar-refractivity contribution in [3.05, 3.63) is 88.8 Å². The maximum absolute atomic E-state index is 12.5. The third-order valence-electron chi connectivity index (χ3n) is 4.28. The molecular formula is C20H17ClN4O. The number of hydrogen-bond donors (Lipinski definition) is 2. The number of hydrogen-bond acceptors (Lipinski definition) is 2. The second kappa shape index (κ2) is 7.06. The van der Waals surface area contributed by atoms with Crippen LogP contribution in [0, 0.1) is 0 Å². The van der Waals surface area contributed by atoms with E-state index in [-0.39, 0.29) is 5.91 Å². The first-order valence-electron chi connectivity index (χ1n) is 8.30. The summed E-state index contributed by atoms with van der Waals surface area (Å²) in [5.74, 6) is -0.147. The molecule has 2 heterocycles. The largest absolute Gasteiger partial charge is 0.351 e. The zero-order valence-corrected chi connectivity index (χ0v) is 14.7. The summed E-state index contributed by atoms with van der Waals surface area (Å²) < 4.78 is 1.86. The zero-order chi connectivity index (χ0) is 17.9. The van der Waals surface area contributed by atoms with Crippen LogP contribution in [0.3, 0.4) is 0 Å². The number of carbonyl (C=O) groups excluding carboxylic acids is 1. The fraction of sp³-hybridized carbons (Fsp3) is 0.100. The summed E-state index contributed by atoms with van der Waals surface area (Å²) in [4.78, 5) is 15.6. The second-order valence-corrected chi connectivity index (χ2v) is 6.51. The van der Waals surface area contributed by atoms with Crippen LogP contribution in [0.2, 0.25) is 5.02 Å². The zero-order valence-electron chi connectivity index (χ0n) is 13.9. The number of fused-ring (bicyclic) bond motifs is 1. The maximum atomic E-state index is 12.5.